The second-order valence-corrected chi connectivity index (χ2v) is 7.02. The van der Waals surface area contributed by atoms with Crippen molar-refractivity contribution in [3.8, 4) is 0 Å². The molecule has 0 fully saturated rings. The third-order valence-electron chi connectivity index (χ3n) is 4.93. The minimum absolute atomic E-state index is 0.0325. The van der Waals surface area contributed by atoms with Crippen LogP contribution < -0.4 is 10.3 Å². The van der Waals surface area contributed by atoms with Crippen LogP contribution in [0.15, 0.2) is 43.9 Å². The van der Waals surface area contributed by atoms with Crippen LogP contribution in [0.3, 0.4) is 0 Å². The minimum Gasteiger partial charge on any atom is -0.463 e. The lowest BCUT2D eigenvalue weighted by Crippen LogP contribution is -2.32. The SMILES string of the molecule is CN(C)/N=C/c1coc2cc(F)c(N3C(=O)C4=C(CCCC4)C3=O)cc2c1=O. The van der Waals surface area contributed by atoms with Gasteiger partial charge in [0.2, 0.25) is 5.43 Å². The molecule has 144 valence electrons. The molecule has 1 aliphatic heterocycles. The molecule has 0 radical (unpaired) electrons. The average Bonchev–Trinajstić information content (AvgIpc) is 2.92. The monoisotopic (exact) mass is 383 g/mol. The van der Waals surface area contributed by atoms with Gasteiger partial charge in [0.15, 0.2) is 5.82 Å². The molecular weight excluding hydrogens is 365 g/mol. The highest BCUT2D eigenvalue weighted by Gasteiger charge is 2.40. The van der Waals surface area contributed by atoms with Crippen molar-refractivity contribution in [3.05, 3.63) is 51.1 Å². The zero-order chi connectivity index (χ0) is 20.0. The van der Waals surface area contributed by atoms with Crippen LogP contribution in [-0.4, -0.2) is 37.1 Å². The van der Waals surface area contributed by atoms with Gasteiger partial charge in [-0.3, -0.25) is 14.4 Å². The normalized spacial score (nSPS) is 17.2. The van der Waals surface area contributed by atoms with E-state index < -0.39 is 23.1 Å². The number of fused-ring (bicyclic) bond motifs is 1. The highest BCUT2D eigenvalue weighted by atomic mass is 19.1. The first-order valence-corrected chi connectivity index (χ1v) is 8.95. The van der Waals surface area contributed by atoms with Crippen molar-refractivity contribution in [1.29, 1.82) is 0 Å². The maximum atomic E-state index is 14.7. The van der Waals surface area contributed by atoms with Crippen LogP contribution in [0.5, 0.6) is 0 Å². The third kappa shape index (κ3) is 2.81. The molecule has 0 spiro atoms. The fraction of sp³-hybridized carbons (Fsp3) is 0.300. The third-order valence-corrected chi connectivity index (χ3v) is 4.93. The molecule has 1 aromatic heterocycles. The number of carbonyl (C=O) groups is 2. The van der Waals surface area contributed by atoms with E-state index in [0.717, 1.165) is 23.8 Å². The zero-order valence-electron chi connectivity index (χ0n) is 15.5. The number of carbonyl (C=O) groups excluding carboxylic acids is 2. The topological polar surface area (TPSA) is 83.2 Å². The van der Waals surface area contributed by atoms with Crippen LogP contribution in [0.2, 0.25) is 0 Å². The summed E-state index contributed by atoms with van der Waals surface area (Å²) in [5.41, 5.74) is 0.459. The molecule has 0 atom stereocenters. The molecular formula is C20H18FN3O4. The van der Waals surface area contributed by atoms with E-state index in [-0.39, 0.29) is 22.2 Å². The quantitative estimate of drug-likeness (QED) is 0.462. The number of nitrogens with zero attached hydrogens (tertiary/aromatic N) is 3. The molecule has 4 rings (SSSR count). The molecule has 2 aliphatic rings. The van der Waals surface area contributed by atoms with E-state index in [1.807, 2.05) is 0 Å². The number of benzene rings is 1. The van der Waals surface area contributed by atoms with Crippen molar-refractivity contribution in [2.45, 2.75) is 25.7 Å². The molecule has 28 heavy (non-hydrogen) atoms. The van der Waals surface area contributed by atoms with Gasteiger partial charge in [0, 0.05) is 31.3 Å². The second-order valence-electron chi connectivity index (χ2n) is 7.02. The first-order chi connectivity index (χ1) is 13.4. The van der Waals surface area contributed by atoms with Crippen LogP contribution in [0, 0.1) is 5.82 Å². The average molecular weight is 383 g/mol. The summed E-state index contributed by atoms with van der Waals surface area (Å²) >= 11 is 0. The van der Waals surface area contributed by atoms with Gasteiger partial charge in [-0.2, -0.15) is 5.10 Å². The highest BCUT2D eigenvalue weighted by molar-refractivity contribution is 6.33. The lowest BCUT2D eigenvalue weighted by molar-refractivity contribution is -0.120. The summed E-state index contributed by atoms with van der Waals surface area (Å²) in [6.07, 6.45) is 5.20. The lowest BCUT2D eigenvalue weighted by atomic mass is 9.93. The molecule has 1 aromatic carbocycles. The first-order valence-electron chi connectivity index (χ1n) is 8.95. The molecule has 1 aliphatic carbocycles. The Morgan fingerprint density at radius 2 is 1.75 bits per heavy atom. The van der Waals surface area contributed by atoms with E-state index in [0.29, 0.717) is 24.0 Å². The fourth-order valence-electron chi connectivity index (χ4n) is 3.55. The molecule has 0 saturated heterocycles. The number of amides is 2. The zero-order valence-corrected chi connectivity index (χ0v) is 15.5. The largest absolute Gasteiger partial charge is 0.463 e. The Balaban J connectivity index is 1.83. The molecule has 0 N–H and O–H groups in total. The summed E-state index contributed by atoms with van der Waals surface area (Å²) in [5, 5.41) is 5.59. The standard InChI is InChI=1S/C20H18FN3O4/c1-23(2)22-9-11-10-28-17-8-15(21)16(7-14(17)18(11)25)24-19(26)12-5-3-4-6-13(12)20(24)27/h7-10H,3-6H2,1-2H3/b22-9+. The smallest absolute Gasteiger partial charge is 0.261 e. The number of hydrogen-bond acceptors (Lipinski definition) is 6. The van der Waals surface area contributed by atoms with Crippen LogP contribution >= 0.6 is 0 Å². The van der Waals surface area contributed by atoms with Crippen molar-refractivity contribution >= 4 is 34.7 Å². The predicted molar refractivity (Wildman–Crippen MR) is 102 cm³/mol. The van der Waals surface area contributed by atoms with Gasteiger partial charge >= 0.3 is 0 Å². The van der Waals surface area contributed by atoms with E-state index in [9.17, 15) is 18.8 Å². The van der Waals surface area contributed by atoms with Gasteiger partial charge in [0.1, 0.15) is 11.8 Å². The maximum Gasteiger partial charge on any atom is 0.261 e. The summed E-state index contributed by atoms with van der Waals surface area (Å²) in [7, 11) is 3.40. The van der Waals surface area contributed by atoms with E-state index >= 15 is 0 Å². The van der Waals surface area contributed by atoms with E-state index in [1.165, 1.54) is 23.6 Å². The molecule has 0 saturated carbocycles. The first kappa shape index (κ1) is 18.1. The van der Waals surface area contributed by atoms with Gasteiger partial charge in [0.25, 0.3) is 11.8 Å². The Morgan fingerprint density at radius 3 is 2.36 bits per heavy atom. The second kappa shape index (κ2) is 6.70. The molecule has 2 aromatic rings. The number of halogens is 1. The molecule has 2 amide bonds. The van der Waals surface area contributed by atoms with Gasteiger partial charge < -0.3 is 9.43 Å². The highest BCUT2D eigenvalue weighted by Crippen LogP contribution is 2.37. The van der Waals surface area contributed by atoms with Crippen LogP contribution in [-0.2, 0) is 9.59 Å². The Kier molecular flexibility index (Phi) is 4.33. The minimum atomic E-state index is -0.799. The molecule has 8 heteroatoms. The van der Waals surface area contributed by atoms with Crippen molar-refractivity contribution < 1.29 is 18.4 Å². The number of anilines is 1. The summed E-state index contributed by atoms with van der Waals surface area (Å²) in [4.78, 5) is 39.0. The maximum absolute atomic E-state index is 14.7. The van der Waals surface area contributed by atoms with Crippen molar-refractivity contribution in [1.82, 2.24) is 5.01 Å². The molecule has 0 bridgehead atoms. The summed E-state index contributed by atoms with van der Waals surface area (Å²) in [5.74, 6) is -1.81. The Bertz CT molecular complexity index is 1100. The van der Waals surface area contributed by atoms with Crippen LogP contribution in [0.25, 0.3) is 11.0 Å². The number of imide groups is 1. The predicted octanol–water partition coefficient (Wildman–Crippen LogP) is 2.57. The van der Waals surface area contributed by atoms with Gasteiger partial charge in [-0.1, -0.05) is 0 Å². The van der Waals surface area contributed by atoms with E-state index in [4.69, 9.17) is 4.42 Å². The molecule has 7 nitrogen and oxygen atoms in total. The molecule has 2 heterocycles. The Morgan fingerprint density at radius 1 is 1.11 bits per heavy atom. The van der Waals surface area contributed by atoms with Gasteiger partial charge in [-0.25, -0.2) is 9.29 Å². The van der Waals surface area contributed by atoms with Gasteiger partial charge in [-0.05, 0) is 31.7 Å². The number of rotatable bonds is 3. The van der Waals surface area contributed by atoms with Crippen molar-refractivity contribution in [3.63, 3.8) is 0 Å². The summed E-state index contributed by atoms with van der Waals surface area (Å²) in [6, 6.07) is 2.23. The Labute approximate surface area is 159 Å². The van der Waals surface area contributed by atoms with E-state index in [1.54, 1.807) is 14.1 Å². The molecule has 0 unspecified atom stereocenters. The summed E-state index contributed by atoms with van der Waals surface area (Å²) in [6.45, 7) is 0. The fourth-order valence-corrected chi connectivity index (χ4v) is 3.55. The number of hydrogen-bond donors (Lipinski definition) is 0. The summed E-state index contributed by atoms with van der Waals surface area (Å²) < 4.78 is 20.1. The van der Waals surface area contributed by atoms with Crippen LogP contribution in [0.4, 0.5) is 10.1 Å². The van der Waals surface area contributed by atoms with Crippen molar-refractivity contribution in [2.75, 3.05) is 19.0 Å². The number of hydrazone groups is 1. The van der Waals surface area contributed by atoms with Crippen molar-refractivity contribution in [2.24, 2.45) is 5.10 Å². The van der Waals surface area contributed by atoms with Crippen LogP contribution in [0.1, 0.15) is 31.2 Å². The van der Waals surface area contributed by atoms with E-state index in [2.05, 4.69) is 5.10 Å². The van der Waals surface area contributed by atoms with Gasteiger partial charge in [-0.15, -0.1) is 0 Å². The lowest BCUT2D eigenvalue weighted by Gasteiger charge is -2.16. The van der Waals surface area contributed by atoms with Gasteiger partial charge in [0.05, 0.1) is 22.9 Å². The Hall–Kier alpha value is -3.29.